The van der Waals surface area contributed by atoms with Crippen LogP contribution < -0.4 is 5.56 Å². The van der Waals surface area contributed by atoms with Crippen molar-refractivity contribution in [1.82, 2.24) is 9.47 Å². The van der Waals surface area contributed by atoms with E-state index in [0.29, 0.717) is 17.7 Å². The first-order valence-electron chi connectivity index (χ1n) is 8.79. The van der Waals surface area contributed by atoms with Crippen molar-refractivity contribution in [3.8, 4) is 11.1 Å². The van der Waals surface area contributed by atoms with Gasteiger partial charge in [0.25, 0.3) is 5.56 Å². The molecule has 1 aromatic heterocycles. The molecule has 1 saturated heterocycles. The van der Waals surface area contributed by atoms with Gasteiger partial charge in [0.05, 0.1) is 12.7 Å². The highest BCUT2D eigenvalue weighted by Gasteiger charge is 2.12. The molecule has 0 spiro atoms. The third-order valence-corrected chi connectivity index (χ3v) is 4.74. The van der Waals surface area contributed by atoms with Crippen molar-refractivity contribution in [2.75, 3.05) is 26.7 Å². The number of hydrogen-bond acceptors (Lipinski definition) is 4. The molecule has 1 aliphatic rings. The van der Waals surface area contributed by atoms with Gasteiger partial charge in [-0.05, 0) is 55.8 Å². The maximum Gasteiger partial charge on any atom is 0.337 e. The molecule has 0 saturated carbocycles. The van der Waals surface area contributed by atoms with Gasteiger partial charge in [0.1, 0.15) is 0 Å². The SMILES string of the molecule is COC(=O)c1ccc(-c2cccn(CCN3CCCCC3)c2=O)cc1. The van der Waals surface area contributed by atoms with Gasteiger partial charge < -0.3 is 14.2 Å². The zero-order valence-electron chi connectivity index (χ0n) is 14.6. The molecule has 1 fully saturated rings. The number of methoxy groups -OCH3 is 1. The number of ether oxygens (including phenoxy) is 1. The number of hydrogen-bond donors (Lipinski definition) is 0. The van der Waals surface area contributed by atoms with E-state index in [1.54, 1.807) is 28.8 Å². The van der Waals surface area contributed by atoms with Gasteiger partial charge in [0.15, 0.2) is 0 Å². The summed E-state index contributed by atoms with van der Waals surface area (Å²) in [6.45, 7) is 3.87. The fraction of sp³-hybridized carbons (Fsp3) is 0.400. The number of benzene rings is 1. The predicted molar refractivity (Wildman–Crippen MR) is 97.8 cm³/mol. The van der Waals surface area contributed by atoms with Crippen molar-refractivity contribution < 1.29 is 9.53 Å². The minimum absolute atomic E-state index is 0.00493. The second-order valence-corrected chi connectivity index (χ2v) is 6.39. The summed E-state index contributed by atoms with van der Waals surface area (Å²) in [7, 11) is 1.36. The average molecular weight is 340 g/mol. The van der Waals surface area contributed by atoms with E-state index in [1.807, 2.05) is 18.3 Å². The van der Waals surface area contributed by atoms with E-state index in [4.69, 9.17) is 4.74 Å². The molecule has 0 bridgehead atoms. The Hall–Kier alpha value is -2.40. The minimum atomic E-state index is -0.376. The number of pyridine rings is 1. The topological polar surface area (TPSA) is 51.5 Å². The number of likely N-dealkylation sites (tertiary alicyclic amines) is 1. The van der Waals surface area contributed by atoms with Crippen LogP contribution in [0.1, 0.15) is 29.6 Å². The Bertz CT molecular complexity index is 774. The van der Waals surface area contributed by atoms with Crippen LogP contribution in [0.4, 0.5) is 0 Å². The van der Waals surface area contributed by atoms with Crippen LogP contribution in [0.2, 0.25) is 0 Å². The Labute approximate surface area is 147 Å². The molecule has 0 unspecified atom stereocenters. The highest BCUT2D eigenvalue weighted by molar-refractivity contribution is 5.89. The van der Waals surface area contributed by atoms with Crippen LogP contribution in [0.25, 0.3) is 11.1 Å². The van der Waals surface area contributed by atoms with Gasteiger partial charge in [-0.25, -0.2) is 4.79 Å². The average Bonchev–Trinajstić information content (AvgIpc) is 2.67. The smallest absolute Gasteiger partial charge is 0.337 e. The first-order chi connectivity index (χ1) is 12.2. The van der Waals surface area contributed by atoms with E-state index < -0.39 is 0 Å². The number of carbonyl (C=O) groups excluding carboxylic acids is 1. The molecule has 25 heavy (non-hydrogen) atoms. The number of rotatable bonds is 5. The van der Waals surface area contributed by atoms with Crippen LogP contribution in [0, 0.1) is 0 Å². The van der Waals surface area contributed by atoms with Gasteiger partial charge in [-0.2, -0.15) is 0 Å². The van der Waals surface area contributed by atoms with Gasteiger partial charge in [-0.15, -0.1) is 0 Å². The third-order valence-electron chi connectivity index (χ3n) is 4.74. The Balaban J connectivity index is 1.76. The molecule has 0 radical (unpaired) electrons. The van der Waals surface area contributed by atoms with Gasteiger partial charge in [0.2, 0.25) is 0 Å². The summed E-state index contributed by atoms with van der Waals surface area (Å²) in [4.78, 5) is 26.7. The highest BCUT2D eigenvalue weighted by atomic mass is 16.5. The summed E-state index contributed by atoms with van der Waals surface area (Å²) in [6.07, 6.45) is 5.66. The quantitative estimate of drug-likeness (QED) is 0.786. The van der Waals surface area contributed by atoms with Crippen LogP contribution in [-0.4, -0.2) is 42.2 Å². The first-order valence-corrected chi connectivity index (χ1v) is 8.79. The van der Waals surface area contributed by atoms with Crippen molar-refractivity contribution in [2.45, 2.75) is 25.8 Å². The zero-order chi connectivity index (χ0) is 17.6. The zero-order valence-corrected chi connectivity index (χ0v) is 14.6. The molecule has 3 rings (SSSR count). The van der Waals surface area contributed by atoms with Gasteiger partial charge >= 0.3 is 5.97 Å². The van der Waals surface area contributed by atoms with E-state index >= 15 is 0 Å². The lowest BCUT2D eigenvalue weighted by molar-refractivity contribution is 0.0601. The maximum atomic E-state index is 12.8. The summed E-state index contributed by atoms with van der Waals surface area (Å²) in [5.74, 6) is -0.376. The van der Waals surface area contributed by atoms with E-state index in [1.165, 1.54) is 26.4 Å². The Morgan fingerprint density at radius 1 is 1.04 bits per heavy atom. The van der Waals surface area contributed by atoms with Crippen molar-refractivity contribution in [1.29, 1.82) is 0 Å². The Morgan fingerprint density at radius 2 is 1.76 bits per heavy atom. The van der Waals surface area contributed by atoms with E-state index in [-0.39, 0.29) is 11.5 Å². The normalized spacial score (nSPS) is 15.1. The van der Waals surface area contributed by atoms with Crippen LogP contribution in [0.5, 0.6) is 0 Å². The lowest BCUT2D eigenvalue weighted by Crippen LogP contribution is -2.34. The van der Waals surface area contributed by atoms with Crippen LogP contribution in [-0.2, 0) is 11.3 Å². The largest absolute Gasteiger partial charge is 0.465 e. The first kappa shape index (κ1) is 17.4. The third kappa shape index (κ3) is 4.17. The highest BCUT2D eigenvalue weighted by Crippen LogP contribution is 2.16. The van der Waals surface area contributed by atoms with Gasteiger partial charge in [0, 0.05) is 24.8 Å². The molecular formula is C20H24N2O3. The molecule has 1 aliphatic heterocycles. The van der Waals surface area contributed by atoms with Gasteiger partial charge in [-0.1, -0.05) is 18.6 Å². The number of carbonyl (C=O) groups is 1. The van der Waals surface area contributed by atoms with Crippen LogP contribution in [0.3, 0.4) is 0 Å². The van der Waals surface area contributed by atoms with Crippen molar-refractivity contribution in [2.24, 2.45) is 0 Å². The molecule has 1 aromatic carbocycles. The number of nitrogens with zero attached hydrogens (tertiary/aromatic N) is 2. The molecule has 132 valence electrons. The molecule has 0 amide bonds. The van der Waals surface area contributed by atoms with Crippen molar-refractivity contribution >= 4 is 5.97 Å². The van der Waals surface area contributed by atoms with Crippen molar-refractivity contribution in [3.63, 3.8) is 0 Å². The molecule has 0 N–H and O–H groups in total. The fourth-order valence-electron chi connectivity index (χ4n) is 3.27. The second-order valence-electron chi connectivity index (χ2n) is 6.39. The Kier molecular flexibility index (Phi) is 5.66. The summed E-state index contributed by atoms with van der Waals surface area (Å²) in [5.41, 5.74) is 1.94. The molecule has 0 atom stereocenters. The fourth-order valence-corrected chi connectivity index (χ4v) is 3.27. The standard InChI is InChI=1S/C20H24N2O3/c1-25-20(24)17-9-7-16(8-10-17)18-6-5-13-22(19(18)23)15-14-21-11-3-2-4-12-21/h5-10,13H,2-4,11-12,14-15H2,1H3. The number of aromatic nitrogens is 1. The molecule has 2 heterocycles. The lowest BCUT2D eigenvalue weighted by Gasteiger charge is -2.26. The van der Waals surface area contributed by atoms with Crippen LogP contribution in [0.15, 0.2) is 47.4 Å². The number of piperidine rings is 1. The number of esters is 1. The lowest BCUT2D eigenvalue weighted by atomic mass is 10.1. The van der Waals surface area contributed by atoms with E-state index in [2.05, 4.69) is 4.90 Å². The maximum absolute atomic E-state index is 12.8. The summed E-state index contributed by atoms with van der Waals surface area (Å²) in [6, 6.07) is 10.7. The predicted octanol–water partition coefficient (Wildman–Crippen LogP) is 2.79. The summed E-state index contributed by atoms with van der Waals surface area (Å²) < 4.78 is 6.48. The van der Waals surface area contributed by atoms with Crippen molar-refractivity contribution in [3.05, 3.63) is 58.5 Å². The molecular weight excluding hydrogens is 316 g/mol. The molecule has 5 nitrogen and oxygen atoms in total. The molecule has 2 aromatic rings. The second kappa shape index (κ2) is 8.12. The molecule has 0 aliphatic carbocycles. The van der Waals surface area contributed by atoms with E-state index in [9.17, 15) is 9.59 Å². The van der Waals surface area contributed by atoms with Gasteiger partial charge in [-0.3, -0.25) is 4.79 Å². The Morgan fingerprint density at radius 3 is 2.44 bits per heavy atom. The molecule has 5 heteroatoms. The summed E-state index contributed by atoms with van der Waals surface area (Å²) >= 11 is 0. The minimum Gasteiger partial charge on any atom is -0.465 e. The summed E-state index contributed by atoms with van der Waals surface area (Å²) in [5, 5.41) is 0. The van der Waals surface area contributed by atoms with E-state index in [0.717, 1.165) is 25.2 Å². The monoisotopic (exact) mass is 340 g/mol. The van der Waals surface area contributed by atoms with Crippen LogP contribution >= 0.6 is 0 Å².